The fraction of sp³-hybridized carbons (Fsp3) is 0.100. The zero-order chi connectivity index (χ0) is 10.9. The van der Waals surface area contributed by atoms with Gasteiger partial charge in [-0.2, -0.15) is 11.3 Å². The molecule has 0 spiro atoms. The van der Waals surface area contributed by atoms with E-state index in [1.807, 2.05) is 0 Å². The van der Waals surface area contributed by atoms with Crippen LogP contribution < -0.4 is 0 Å². The van der Waals surface area contributed by atoms with Gasteiger partial charge in [0.05, 0.1) is 4.88 Å². The van der Waals surface area contributed by atoms with E-state index in [1.54, 1.807) is 34.3 Å². The van der Waals surface area contributed by atoms with Crippen molar-refractivity contribution in [2.24, 2.45) is 0 Å². The second kappa shape index (κ2) is 3.77. The number of rotatable bonds is 3. The van der Waals surface area contributed by atoms with Crippen LogP contribution in [0.3, 0.4) is 0 Å². The van der Waals surface area contributed by atoms with Crippen LogP contribution in [-0.4, -0.2) is 16.2 Å². The van der Waals surface area contributed by atoms with Crippen molar-refractivity contribution < 1.29 is 15.0 Å². The van der Waals surface area contributed by atoms with Gasteiger partial charge in [-0.1, -0.05) is 6.07 Å². The Morgan fingerprint density at radius 2 is 2.13 bits per heavy atom. The molecule has 0 radical (unpaired) electrons. The van der Waals surface area contributed by atoms with Crippen molar-refractivity contribution in [2.45, 2.75) is 5.60 Å². The zero-order valence-corrected chi connectivity index (χ0v) is 9.22. The predicted molar refractivity (Wildman–Crippen MR) is 59.3 cm³/mol. The molecular formula is C10H8O3S2. The maximum atomic E-state index is 11.2. The Balaban J connectivity index is 2.56. The quantitative estimate of drug-likeness (QED) is 0.864. The van der Waals surface area contributed by atoms with Gasteiger partial charge in [-0.3, -0.25) is 0 Å². The van der Waals surface area contributed by atoms with E-state index in [2.05, 4.69) is 0 Å². The minimum absolute atomic E-state index is 0.405. The van der Waals surface area contributed by atoms with Crippen molar-refractivity contribution in [3.05, 3.63) is 44.8 Å². The average molecular weight is 240 g/mol. The molecule has 78 valence electrons. The molecule has 0 aliphatic carbocycles. The Morgan fingerprint density at radius 1 is 1.33 bits per heavy atom. The molecule has 0 aromatic carbocycles. The summed E-state index contributed by atoms with van der Waals surface area (Å²) in [6, 6.07) is 4.97. The number of carbonyl (C=O) groups is 1. The number of thiophene rings is 2. The molecule has 2 rings (SSSR count). The normalized spacial score (nSPS) is 14.7. The monoisotopic (exact) mass is 240 g/mol. The molecular weight excluding hydrogens is 232 g/mol. The van der Waals surface area contributed by atoms with Crippen molar-refractivity contribution >= 4 is 28.6 Å². The summed E-state index contributed by atoms with van der Waals surface area (Å²) in [5, 5.41) is 24.5. The predicted octanol–water partition coefficient (Wildman–Crippen LogP) is 2.13. The maximum absolute atomic E-state index is 11.2. The summed E-state index contributed by atoms with van der Waals surface area (Å²) in [6.45, 7) is 0. The van der Waals surface area contributed by atoms with Crippen LogP contribution in [0.5, 0.6) is 0 Å². The number of carboxylic acids is 1. The van der Waals surface area contributed by atoms with Gasteiger partial charge >= 0.3 is 5.97 Å². The topological polar surface area (TPSA) is 57.5 Å². The number of hydrogen-bond acceptors (Lipinski definition) is 4. The van der Waals surface area contributed by atoms with Crippen molar-refractivity contribution in [3.8, 4) is 0 Å². The third-order valence-electron chi connectivity index (χ3n) is 2.13. The molecule has 0 amide bonds. The summed E-state index contributed by atoms with van der Waals surface area (Å²) < 4.78 is 0. The molecule has 2 aromatic heterocycles. The third kappa shape index (κ3) is 1.58. The fourth-order valence-electron chi connectivity index (χ4n) is 1.33. The molecule has 1 unspecified atom stereocenters. The summed E-state index contributed by atoms with van der Waals surface area (Å²) in [7, 11) is 0. The van der Waals surface area contributed by atoms with Gasteiger partial charge in [-0.05, 0) is 28.3 Å². The van der Waals surface area contributed by atoms with Crippen molar-refractivity contribution in [3.63, 3.8) is 0 Å². The largest absolute Gasteiger partial charge is 0.479 e. The van der Waals surface area contributed by atoms with Crippen LogP contribution in [0.4, 0.5) is 0 Å². The molecule has 2 N–H and O–H groups in total. The number of aliphatic hydroxyl groups is 1. The molecule has 2 aromatic rings. The molecule has 5 heteroatoms. The third-order valence-corrected chi connectivity index (χ3v) is 3.79. The summed E-state index contributed by atoms with van der Waals surface area (Å²) in [4.78, 5) is 11.6. The van der Waals surface area contributed by atoms with Gasteiger partial charge in [-0.25, -0.2) is 4.79 Å². The molecule has 15 heavy (non-hydrogen) atoms. The molecule has 1 atom stereocenters. The first kappa shape index (κ1) is 10.4. The van der Waals surface area contributed by atoms with Gasteiger partial charge in [0, 0.05) is 5.56 Å². The molecule has 0 fully saturated rings. The van der Waals surface area contributed by atoms with Crippen molar-refractivity contribution in [1.29, 1.82) is 0 Å². The highest BCUT2D eigenvalue weighted by Crippen LogP contribution is 2.34. The van der Waals surface area contributed by atoms with E-state index < -0.39 is 11.6 Å². The van der Waals surface area contributed by atoms with Crippen LogP contribution in [0, 0.1) is 0 Å². The lowest BCUT2D eigenvalue weighted by atomic mass is 9.95. The second-order valence-corrected chi connectivity index (χ2v) is 4.73. The first-order valence-electron chi connectivity index (χ1n) is 4.18. The summed E-state index contributed by atoms with van der Waals surface area (Å²) >= 11 is 2.59. The van der Waals surface area contributed by atoms with Gasteiger partial charge in [0.25, 0.3) is 0 Å². The van der Waals surface area contributed by atoms with Crippen LogP contribution in [0.15, 0.2) is 34.3 Å². The molecule has 0 aliphatic heterocycles. The first-order valence-corrected chi connectivity index (χ1v) is 6.00. The number of aliphatic carboxylic acids is 1. The van der Waals surface area contributed by atoms with E-state index >= 15 is 0 Å². The van der Waals surface area contributed by atoms with Crippen molar-refractivity contribution in [2.75, 3.05) is 0 Å². The minimum atomic E-state index is -1.91. The molecule has 0 aliphatic rings. The Labute approximate surface area is 94.2 Å². The maximum Gasteiger partial charge on any atom is 0.346 e. The lowest BCUT2D eigenvalue weighted by molar-refractivity contribution is -0.154. The molecule has 0 saturated carbocycles. The Bertz CT molecular complexity index is 411. The van der Waals surface area contributed by atoms with E-state index in [-0.39, 0.29) is 0 Å². The Morgan fingerprint density at radius 3 is 2.60 bits per heavy atom. The van der Waals surface area contributed by atoms with Crippen LogP contribution in [0.2, 0.25) is 0 Å². The van der Waals surface area contributed by atoms with Gasteiger partial charge in [0.15, 0.2) is 0 Å². The molecule has 0 bridgehead atoms. The van der Waals surface area contributed by atoms with Crippen LogP contribution in [-0.2, 0) is 10.4 Å². The minimum Gasteiger partial charge on any atom is -0.479 e. The lowest BCUT2D eigenvalue weighted by Gasteiger charge is -2.20. The van der Waals surface area contributed by atoms with Crippen LogP contribution in [0.1, 0.15) is 10.4 Å². The van der Waals surface area contributed by atoms with E-state index in [9.17, 15) is 9.90 Å². The van der Waals surface area contributed by atoms with Crippen LogP contribution in [0.25, 0.3) is 0 Å². The van der Waals surface area contributed by atoms with Gasteiger partial charge in [0.2, 0.25) is 5.60 Å². The SMILES string of the molecule is O=C(O)C(O)(c1ccsc1)c1cccs1. The lowest BCUT2D eigenvalue weighted by Crippen LogP contribution is -2.35. The van der Waals surface area contributed by atoms with Gasteiger partial charge < -0.3 is 10.2 Å². The van der Waals surface area contributed by atoms with E-state index in [1.165, 1.54) is 22.7 Å². The Kier molecular flexibility index (Phi) is 2.60. The van der Waals surface area contributed by atoms with Gasteiger partial charge in [0.1, 0.15) is 0 Å². The van der Waals surface area contributed by atoms with E-state index in [4.69, 9.17) is 5.11 Å². The Hall–Kier alpha value is -1.17. The summed E-state index contributed by atoms with van der Waals surface area (Å²) in [5.41, 5.74) is -1.50. The van der Waals surface area contributed by atoms with E-state index in [0.717, 1.165) is 0 Å². The molecule has 2 heterocycles. The number of carboxylic acid groups (broad SMARTS) is 1. The second-order valence-electron chi connectivity index (χ2n) is 3.00. The van der Waals surface area contributed by atoms with Gasteiger partial charge in [-0.15, -0.1) is 11.3 Å². The standard InChI is InChI=1S/C10H8O3S2/c11-9(12)10(13,7-3-5-14-6-7)8-2-1-4-15-8/h1-6,13H,(H,11,12). The highest BCUT2D eigenvalue weighted by molar-refractivity contribution is 7.10. The molecule has 3 nitrogen and oxygen atoms in total. The van der Waals surface area contributed by atoms with Crippen molar-refractivity contribution in [1.82, 2.24) is 0 Å². The highest BCUT2D eigenvalue weighted by Gasteiger charge is 2.41. The van der Waals surface area contributed by atoms with E-state index in [0.29, 0.717) is 10.4 Å². The van der Waals surface area contributed by atoms with Crippen LogP contribution >= 0.6 is 22.7 Å². The number of hydrogen-bond donors (Lipinski definition) is 2. The zero-order valence-electron chi connectivity index (χ0n) is 7.58. The summed E-state index contributed by atoms with van der Waals surface area (Å²) in [6.07, 6.45) is 0. The fourth-order valence-corrected chi connectivity index (χ4v) is 2.86. The molecule has 0 saturated heterocycles. The average Bonchev–Trinajstić information content (AvgIpc) is 2.89. The highest BCUT2D eigenvalue weighted by atomic mass is 32.1. The summed E-state index contributed by atoms with van der Waals surface area (Å²) in [5.74, 6) is -1.25. The smallest absolute Gasteiger partial charge is 0.346 e. The first-order chi connectivity index (χ1) is 7.15.